The Morgan fingerprint density at radius 1 is 1.31 bits per heavy atom. The maximum atomic E-state index is 12.0. The van der Waals surface area contributed by atoms with Crippen LogP contribution in [-0.2, 0) is 9.59 Å². The zero-order chi connectivity index (χ0) is 12.1. The van der Waals surface area contributed by atoms with Gasteiger partial charge in [0.25, 0.3) is 0 Å². The van der Waals surface area contributed by atoms with E-state index in [2.05, 4.69) is 5.32 Å². The molecule has 0 radical (unpaired) electrons. The van der Waals surface area contributed by atoms with Gasteiger partial charge in [-0.15, -0.1) is 0 Å². The number of carbonyl (C=O) groups is 2. The van der Waals surface area contributed by atoms with E-state index in [0.717, 1.165) is 32.1 Å². The first-order valence-corrected chi connectivity index (χ1v) is 6.43. The fourth-order valence-electron chi connectivity index (χ4n) is 2.17. The summed E-state index contributed by atoms with van der Waals surface area (Å²) in [4.78, 5) is 23.2. The Morgan fingerprint density at radius 3 is 2.38 bits per heavy atom. The van der Waals surface area contributed by atoms with Crippen molar-refractivity contribution in [3.8, 4) is 0 Å². The van der Waals surface area contributed by atoms with Crippen molar-refractivity contribution in [2.24, 2.45) is 11.8 Å². The second-order valence-electron chi connectivity index (χ2n) is 4.62. The smallest absolute Gasteiger partial charge is 0.225 e. The van der Waals surface area contributed by atoms with E-state index in [1.165, 1.54) is 0 Å². The lowest BCUT2D eigenvalue weighted by molar-refractivity contribution is -0.132. The molecular weight excluding hydrogens is 226 g/mol. The lowest BCUT2D eigenvalue weighted by atomic mass is 9.79. The molecule has 1 aliphatic carbocycles. The standard InChI is InChI=1S/C12H20ClNO2/c1-3-8(2)14-12(16)10-7-5-4-6-9(10)11(13)15/h8-10H,3-7H2,1-2H3,(H,14,16). The molecule has 0 heterocycles. The van der Waals surface area contributed by atoms with Gasteiger partial charge in [-0.3, -0.25) is 9.59 Å². The van der Waals surface area contributed by atoms with Gasteiger partial charge in [0.05, 0.1) is 0 Å². The van der Waals surface area contributed by atoms with Crippen molar-refractivity contribution in [1.82, 2.24) is 5.32 Å². The average molecular weight is 246 g/mol. The number of amides is 1. The minimum atomic E-state index is -0.357. The molecule has 0 aliphatic heterocycles. The Hall–Kier alpha value is -0.570. The minimum absolute atomic E-state index is 0.00644. The topological polar surface area (TPSA) is 46.2 Å². The minimum Gasteiger partial charge on any atom is -0.353 e. The molecule has 92 valence electrons. The second-order valence-corrected chi connectivity index (χ2v) is 4.99. The number of halogens is 1. The van der Waals surface area contributed by atoms with E-state index in [1.807, 2.05) is 13.8 Å². The maximum absolute atomic E-state index is 12.0. The van der Waals surface area contributed by atoms with Crippen LogP contribution in [0, 0.1) is 11.8 Å². The van der Waals surface area contributed by atoms with Crippen LogP contribution in [-0.4, -0.2) is 17.2 Å². The van der Waals surface area contributed by atoms with Gasteiger partial charge in [0.15, 0.2) is 0 Å². The SMILES string of the molecule is CCC(C)NC(=O)C1CCCCC1C(=O)Cl. The molecule has 1 aliphatic rings. The Bertz CT molecular complexity index is 268. The third kappa shape index (κ3) is 3.48. The zero-order valence-electron chi connectivity index (χ0n) is 9.96. The van der Waals surface area contributed by atoms with Gasteiger partial charge in [-0.1, -0.05) is 19.8 Å². The molecule has 0 spiro atoms. The predicted octanol–water partition coefficient (Wildman–Crippen LogP) is 2.47. The van der Waals surface area contributed by atoms with Crippen molar-refractivity contribution in [3.63, 3.8) is 0 Å². The van der Waals surface area contributed by atoms with Gasteiger partial charge in [-0.2, -0.15) is 0 Å². The molecule has 0 bridgehead atoms. The van der Waals surface area contributed by atoms with Crippen LogP contribution < -0.4 is 5.32 Å². The van der Waals surface area contributed by atoms with Crippen molar-refractivity contribution in [3.05, 3.63) is 0 Å². The maximum Gasteiger partial charge on any atom is 0.225 e. The van der Waals surface area contributed by atoms with Gasteiger partial charge in [0.2, 0.25) is 11.1 Å². The molecule has 1 saturated carbocycles. The highest BCUT2D eigenvalue weighted by Gasteiger charge is 2.34. The highest BCUT2D eigenvalue weighted by Crippen LogP contribution is 2.31. The van der Waals surface area contributed by atoms with Crippen molar-refractivity contribution < 1.29 is 9.59 Å². The number of nitrogens with one attached hydrogen (secondary N) is 1. The Morgan fingerprint density at radius 2 is 1.88 bits per heavy atom. The summed E-state index contributed by atoms with van der Waals surface area (Å²) in [6.07, 6.45) is 4.44. The van der Waals surface area contributed by atoms with Crippen LogP contribution in [0.5, 0.6) is 0 Å². The van der Waals surface area contributed by atoms with Crippen molar-refractivity contribution in [2.75, 3.05) is 0 Å². The molecule has 1 fully saturated rings. The first-order chi connectivity index (χ1) is 7.56. The van der Waals surface area contributed by atoms with Crippen LogP contribution in [0.25, 0.3) is 0 Å². The monoisotopic (exact) mass is 245 g/mol. The first-order valence-electron chi connectivity index (χ1n) is 6.06. The van der Waals surface area contributed by atoms with Crippen LogP contribution in [0.2, 0.25) is 0 Å². The zero-order valence-corrected chi connectivity index (χ0v) is 10.7. The van der Waals surface area contributed by atoms with Gasteiger partial charge in [-0.05, 0) is 37.8 Å². The summed E-state index contributed by atoms with van der Waals surface area (Å²) >= 11 is 5.55. The Labute approximate surface area is 102 Å². The van der Waals surface area contributed by atoms with Gasteiger partial charge in [-0.25, -0.2) is 0 Å². The molecule has 1 N–H and O–H groups in total. The van der Waals surface area contributed by atoms with E-state index in [9.17, 15) is 9.59 Å². The predicted molar refractivity (Wildman–Crippen MR) is 64.2 cm³/mol. The Kier molecular flexibility index (Phi) is 5.26. The molecule has 0 aromatic rings. The summed E-state index contributed by atoms with van der Waals surface area (Å²) < 4.78 is 0. The molecule has 16 heavy (non-hydrogen) atoms. The highest BCUT2D eigenvalue weighted by molar-refractivity contribution is 6.64. The first kappa shape index (κ1) is 13.5. The summed E-state index contributed by atoms with van der Waals surface area (Å²) in [6.45, 7) is 3.99. The van der Waals surface area contributed by atoms with Crippen LogP contribution in [0.15, 0.2) is 0 Å². The molecule has 3 unspecified atom stereocenters. The lowest BCUT2D eigenvalue weighted by Gasteiger charge is -2.28. The fraction of sp³-hybridized carbons (Fsp3) is 0.833. The van der Waals surface area contributed by atoms with Crippen LogP contribution in [0.1, 0.15) is 46.0 Å². The molecule has 4 heteroatoms. The quantitative estimate of drug-likeness (QED) is 0.774. The van der Waals surface area contributed by atoms with Gasteiger partial charge in [0, 0.05) is 17.9 Å². The van der Waals surface area contributed by atoms with Crippen molar-refractivity contribution in [2.45, 2.75) is 52.0 Å². The molecule has 0 saturated heterocycles. The molecule has 0 aromatic carbocycles. The summed E-state index contributed by atoms with van der Waals surface area (Å²) in [5.41, 5.74) is 0. The molecule has 3 nitrogen and oxygen atoms in total. The van der Waals surface area contributed by atoms with Crippen molar-refractivity contribution in [1.29, 1.82) is 0 Å². The van der Waals surface area contributed by atoms with Crippen molar-refractivity contribution >= 4 is 22.8 Å². The number of rotatable bonds is 4. The largest absolute Gasteiger partial charge is 0.353 e. The third-order valence-corrected chi connectivity index (χ3v) is 3.68. The van der Waals surface area contributed by atoms with Gasteiger partial charge in [0.1, 0.15) is 0 Å². The highest BCUT2D eigenvalue weighted by atomic mass is 35.5. The second kappa shape index (κ2) is 6.24. The number of hydrogen-bond donors (Lipinski definition) is 1. The third-order valence-electron chi connectivity index (χ3n) is 3.40. The van der Waals surface area contributed by atoms with Gasteiger partial charge < -0.3 is 5.32 Å². The molecular formula is C12H20ClNO2. The normalized spacial score (nSPS) is 27.2. The van der Waals surface area contributed by atoms with E-state index in [-0.39, 0.29) is 29.0 Å². The fourth-order valence-corrected chi connectivity index (χ4v) is 2.43. The number of hydrogen-bond acceptors (Lipinski definition) is 2. The van der Waals surface area contributed by atoms with Gasteiger partial charge >= 0.3 is 0 Å². The van der Waals surface area contributed by atoms with E-state index >= 15 is 0 Å². The van der Waals surface area contributed by atoms with E-state index < -0.39 is 0 Å². The molecule has 3 atom stereocenters. The average Bonchev–Trinajstić information content (AvgIpc) is 2.28. The Balaban J connectivity index is 2.60. The molecule has 1 amide bonds. The molecule has 0 aromatic heterocycles. The van der Waals surface area contributed by atoms with E-state index in [4.69, 9.17) is 11.6 Å². The van der Waals surface area contributed by atoms with Crippen LogP contribution in [0.3, 0.4) is 0 Å². The van der Waals surface area contributed by atoms with Crippen LogP contribution >= 0.6 is 11.6 Å². The number of carbonyl (C=O) groups excluding carboxylic acids is 2. The van der Waals surface area contributed by atoms with Crippen LogP contribution in [0.4, 0.5) is 0 Å². The summed E-state index contributed by atoms with van der Waals surface area (Å²) in [5.74, 6) is -0.500. The van der Waals surface area contributed by atoms with E-state index in [1.54, 1.807) is 0 Å². The summed E-state index contributed by atoms with van der Waals surface area (Å²) in [7, 11) is 0. The lowest BCUT2D eigenvalue weighted by Crippen LogP contribution is -2.42. The summed E-state index contributed by atoms with van der Waals surface area (Å²) in [5, 5.41) is 2.58. The summed E-state index contributed by atoms with van der Waals surface area (Å²) in [6, 6.07) is 0.167. The van der Waals surface area contributed by atoms with E-state index in [0.29, 0.717) is 0 Å². The molecule has 1 rings (SSSR count).